The number of nitrogens with one attached hydrogen (secondary N) is 1. The van der Waals surface area contributed by atoms with Crippen molar-refractivity contribution in [2.45, 2.75) is 39.5 Å². The fourth-order valence-corrected chi connectivity index (χ4v) is 3.65. The molecule has 1 saturated heterocycles. The average molecular weight is 323 g/mol. The van der Waals surface area contributed by atoms with Gasteiger partial charge in [0, 0.05) is 30.9 Å². The quantitative estimate of drug-likeness (QED) is 0.893. The molecule has 1 amide bonds. The van der Waals surface area contributed by atoms with Crippen LogP contribution in [0, 0.1) is 11.8 Å². The third-order valence-electron chi connectivity index (χ3n) is 5.10. The minimum atomic E-state index is 0. The highest BCUT2D eigenvalue weighted by Crippen LogP contribution is 2.29. The Labute approximate surface area is 139 Å². The van der Waals surface area contributed by atoms with Crippen LogP contribution in [0.4, 0.5) is 5.69 Å². The number of halogens is 1. The number of rotatable bonds is 2. The second-order valence-electron chi connectivity index (χ2n) is 6.74. The molecule has 0 unspecified atom stereocenters. The molecule has 0 spiro atoms. The van der Waals surface area contributed by atoms with Crippen molar-refractivity contribution in [1.82, 2.24) is 4.90 Å². The van der Waals surface area contributed by atoms with Gasteiger partial charge in [0.1, 0.15) is 0 Å². The average Bonchev–Trinajstić information content (AvgIpc) is 2.53. The molecule has 3 rings (SSSR count). The van der Waals surface area contributed by atoms with E-state index in [1.54, 1.807) is 0 Å². The fraction of sp³-hybridized carbons (Fsp3) is 0.611. The number of carbonyl (C=O) groups is 1. The van der Waals surface area contributed by atoms with Gasteiger partial charge in [0.25, 0.3) is 5.91 Å². The molecular weight excluding hydrogens is 296 g/mol. The molecule has 0 atom stereocenters. The summed E-state index contributed by atoms with van der Waals surface area (Å²) in [5, 5.41) is 3.41. The smallest absolute Gasteiger partial charge is 0.254 e. The Morgan fingerprint density at radius 1 is 1.27 bits per heavy atom. The summed E-state index contributed by atoms with van der Waals surface area (Å²) in [6, 6.07) is 6.10. The van der Waals surface area contributed by atoms with E-state index in [-0.39, 0.29) is 18.3 Å². The zero-order chi connectivity index (χ0) is 14.8. The molecule has 1 aromatic rings. The van der Waals surface area contributed by atoms with Crippen LogP contribution in [0.2, 0.25) is 0 Å². The molecule has 1 N–H and O–H groups in total. The van der Waals surface area contributed by atoms with Crippen LogP contribution in [0.25, 0.3) is 0 Å². The van der Waals surface area contributed by atoms with E-state index in [1.807, 2.05) is 12.1 Å². The van der Waals surface area contributed by atoms with Gasteiger partial charge in [-0.3, -0.25) is 4.79 Å². The van der Waals surface area contributed by atoms with Crippen molar-refractivity contribution in [3.63, 3.8) is 0 Å². The van der Waals surface area contributed by atoms with E-state index in [1.165, 1.54) is 5.56 Å². The van der Waals surface area contributed by atoms with Crippen molar-refractivity contribution in [1.29, 1.82) is 0 Å². The SMILES string of the molecule is CC(C)C1CCN(C(=O)c2cccc3c2CCCN3)CC1.Cl. The number of piperidine rings is 1. The lowest BCUT2D eigenvalue weighted by atomic mass is 9.86. The molecule has 0 aliphatic carbocycles. The van der Waals surface area contributed by atoms with Gasteiger partial charge in [-0.25, -0.2) is 0 Å². The number of hydrogen-bond donors (Lipinski definition) is 1. The molecule has 0 saturated carbocycles. The van der Waals surface area contributed by atoms with Gasteiger partial charge in [-0.15, -0.1) is 12.4 Å². The van der Waals surface area contributed by atoms with Gasteiger partial charge in [-0.05, 0) is 55.2 Å². The Bertz CT molecular complexity index is 522. The number of carbonyl (C=O) groups excluding carboxylic acids is 1. The summed E-state index contributed by atoms with van der Waals surface area (Å²) in [6.07, 6.45) is 4.44. The van der Waals surface area contributed by atoms with Crippen molar-refractivity contribution < 1.29 is 4.79 Å². The molecule has 122 valence electrons. The van der Waals surface area contributed by atoms with E-state index >= 15 is 0 Å². The predicted octanol–water partition coefficient (Wildman–Crippen LogP) is 3.97. The van der Waals surface area contributed by atoms with E-state index in [0.717, 1.165) is 68.4 Å². The Morgan fingerprint density at radius 2 is 2.00 bits per heavy atom. The highest BCUT2D eigenvalue weighted by Gasteiger charge is 2.27. The van der Waals surface area contributed by atoms with Crippen LogP contribution in [0.15, 0.2) is 18.2 Å². The number of benzene rings is 1. The highest BCUT2D eigenvalue weighted by molar-refractivity contribution is 5.97. The third-order valence-corrected chi connectivity index (χ3v) is 5.10. The van der Waals surface area contributed by atoms with Crippen LogP contribution in [0.1, 0.15) is 49.0 Å². The van der Waals surface area contributed by atoms with Crippen molar-refractivity contribution in [2.24, 2.45) is 11.8 Å². The highest BCUT2D eigenvalue weighted by atomic mass is 35.5. The van der Waals surface area contributed by atoms with E-state index in [4.69, 9.17) is 0 Å². The zero-order valence-corrected chi connectivity index (χ0v) is 14.4. The summed E-state index contributed by atoms with van der Waals surface area (Å²) in [7, 11) is 0. The Morgan fingerprint density at radius 3 is 2.68 bits per heavy atom. The summed E-state index contributed by atoms with van der Waals surface area (Å²) >= 11 is 0. The van der Waals surface area contributed by atoms with Crippen LogP contribution in [-0.4, -0.2) is 30.4 Å². The molecule has 2 aliphatic rings. The van der Waals surface area contributed by atoms with Crippen LogP contribution in [-0.2, 0) is 6.42 Å². The number of anilines is 1. The molecule has 4 heteroatoms. The molecule has 3 nitrogen and oxygen atoms in total. The van der Waals surface area contributed by atoms with Gasteiger partial charge in [0.15, 0.2) is 0 Å². The van der Waals surface area contributed by atoms with Crippen molar-refractivity contribution in [2.75, 3.05) is 25.0 Å². The minimum Gasteiger partial charge on any atom is -0.385 e. The lowest BCUT2D eigenvalue weighted by Crippen LogP contribution is -2.40. The largest absolute Gasteiger partial charge is 0.385 e. The summed E-state index contributed by atoms with van der Waals surface area (Å²) in [5.74, 6) is 1.74. The van der Waals surface area contributed by atoms with Crippen molar-refractivity contribution >= 4 is 24.0 Å². The molecule has 0 aromatic heterocycles. The monoisotopic (exact) mass is 322 g/mol. The predicted molar refractivity (Wildman–Crippen MR) is 94.0 cm³/mol. The van der Waals surface area contributed by atoms with Crippen LogP contribution in [0.5, 0.6) is 0 Å². The number of likely N-dealkylation sites (tertiary alicyclic amines) is 1. The first kappa shape index (κ1) is 17.1. The molecule has 2 heterocycles. The molecular formula is C18H27ClN2O. The first-order valence-electron chi connectivity index (χ1n) is 8.32. The van der Waals surface area contributed by atoms with E-state index in [2.05, 4.69) is 30.1 Å². The van der Waals surface area contributed by atoms with Gasteiger partial charge in [0.2, 0.25) is 0 Å². The summed E-state index contributed by atoms with van der Waals surface area (Å²) < 4.78 is 0. The number of nitrogens with zero attached hydrogens (tertiary/aromatic N) is 1. The maximum atomic E-state index is 12.8. The second kappa shape index (κ2) is 7.36. The molecule has 1 aromatic carbocycles. The summed E-state index contributed by atoms with van der Waals surface area (Å²) in [6.45, 7) is 7.44. The first-order valence-corrected chi connectivity index (χ1v) is 8.32. The number of amides is 1. The van der Waals surface area contributed by atoms with E-state index in [9.17, 15) is 4.79 Å². The normalized spacial score (nSPS) is 18.4. The number of hydrogen-bond acceptors (Lipinski definition) is 2. The summed E-state index contributed by atoms with van der Waals surface area (Å²) in [5.41, 5.74) is 3.30. The van der Waals surface area contributed by atoms with E-state index < -0.39 is 0 Å². The Kier molecular flexibility index (Phi) is 5.74. The minimum absolute atomic E-state index is 0. The topological polar surface area (TPSA) is 32.3 Å². The zero-order valence-electron chi connectivity index (χ0n) is 13.6. The van der Waals surface area contributed by atoms with Crippen LogP contribution in [0.3, 0.4) is 0 Å². The van der Waals surface area contributed by atoms with Gasteiger partial charge >= 0.3 is 0 Å². The van der Waals surface area contributed by atoms with Crippen molar-refractivity contribution in [3.05, 3.63) is 29.3 Å². The maximum Gasteiger partial charge on any atom is 0.254 e. The van der Waals surface area contributed by atoms with E-state index in [0.29, 0.717) is 0 Å². The fourth-order valence-electron chi connectivity index (χ4n) is 3.65. The Balaban J connectivity index is 0.00000176. The van der Waals surface area contributed by atoms with Gasteiger partial charge in [-0.1, -0.05) is 19.9 Å². The molecule has 22 heavy (non-hydrogen) atoms. The first-order chi connectivity index (χ1) is 10.2. The van der Waals surface area contributed by atoms with Crippen molar-refractivity contribution in [3.8, 4) is 0 Å². The molecule has 0 radical (unpaired) electrons. The Hall–Kier alpha value is -1.22. The molecule has 1 fully saturated rings. The van der Waals surface area contributed by atoms with Gasteiger partial charge in [0.05, 0.1) is 0 Å². The van der Waals surface area contributed by atoms with Gasteiger partial charge in [-0.2, -0.15) is 0 Å². The second-order valence-corrected chi connectivity index (χ2v) is 6.74. The molecule has 2 aliphatic heterocycles. The lowest BCUT2D eigenvalue weighted by molar-refractivity contribution is 0.0666. The molecule has 0 bridgehead atoms. The maximum absolute atomic E-state index is 12.8. The van der Waals surface area contributed by atoms with Crippen LogP contribution >= 0.6 is 12.4 Å². The van der Waals surface area contributed by atoms with Crippen LogP contribution < -0.4 is 5.32 Å². The van der Waals surface area contributed by atoms with Gasteiger partial charge < -0.3 is 10.2 Å². The standard InChI is InChI=1S/C18H26N2O.ClH/c1-13(2)14-8-11-20(12-9-14)18(21)16-5-3-7-17-15(16)6-4-10-19-17;/h3,5,7,13-14,19H,4,6,8-12H2,1-2H3;1H. The summed E-state index contributed by atoms with van der Waals surface area (Å²) in [4.78, 5) is 14.9. The lowest BCUT2D eigenvalue weighted by Gasteiger charge is -2.34. The third kappa shape index (κ3) is 3.40. The number of fused-ring (bicyclic) bond motifs is 1.